The number of piperidine rings is 1. The smallest absolute Gasteiger partial charge is 0.320 e. The Hall–Kier alpha value is -1.10. The van der Waals surface area contributed by atoms with E-state index < -0.39 is 18.0 Å². The molecular weight excluding hydrogens is 210 g/mol. The largest absolute Gasteiger partial charge is 0.481 e. The van der Waals surface area contributed by atoms with Gasteiger partial charge in [0.15, 0.2) is 0 Å². The van der Waals surface area contributed by atoms with Crippen molar-refractivity contribution in [2.45, 2.75) is 38.6 Å². The van der Waals surface area contributed by atoms with Gasteiger partial charge in [-0.2, -0.15) is 0 Å². The first kappa shape index (κ1) is 13.0. The van der Waals surface area contributed by atoms with E-state index in [-0.39, 0.29) is 5.92 Å². The monoisotopic (exact) mass is 229 g/mol. The zero-order valence-corrected chi connectivity index (χ0v) is 9.56. The first-order valence-electron chi connectivity index (χ1n) is 5.76. The van der Waals surface area contributed by atoms with Crippen LogP contribution in [0.4, 0.5) is 0 Å². The van der Waals surface area contributed by atoms with Crippen LogP contribution < -0.4 is 0 Å². The minimum absolute atomic E-state index is 0.299. The van der Waals surface area contributed by atoms with Gasteiger partial charge in [-0.05, 0) is 32.4 Å². The second-order valence-corrected chi connectivity index (χ2v) is 4.29. The molecule has 0 spiro atoms. The SMILES string of the molecule is CCCC(C(=O)O)N1CCC(C(=O)O)CC1. The Morgan fingerprint density at radius 1 is 1.31 bits per heavy atom. The summed E-state index contributed by atoms with van der Waals surface area (Å²) in [4.78, 5) is 23.7. The molecule has 92 valence electrons. The lowest BCUT2D eigenvalue weighted by molar-refractivity contribution is -0.146. The molecule has 2 N–H and O–H groups in total. The van der Waals surface area contributed by atoms with Crippen LogP contribution in [0.5, 0.6) is 0 Å². The third-order valence-electron chi connectivity index (χ3n) is 3.17. The van der Waals surface area contributed by atoms with Crippen LogP contribution in [0, 0.1) is 5.92 Å². The first-order valence-corrected chi connectivity index (χ1v) is 5.76. The van der Waals surface area contributed by atoms with Gasteiger partial charge >= 0.3 is 11.9 Å². The van der Waals surface area contributed by atoms with E-state index in [0.29, 0.717) is 32.4 Å². The first-order chi connectivity index (χ1) is 7.56. The van der Waals surface area contributed by atoms with E-state index in [1.165, 1.54) is 0 Å². The van der Waals surface area contributed by atoms with Gasteiger partial charge in [0, 0.05) is 0 Å². The number of nitrogens with zero attached hydrogens (tertiary/aromatic N) is 1. The van der Waals surface area contributed by atoms with Crippen molar-refractivity contribution in [3.8, 4) is 0 Å². The highest BCUT2D eigenvalue weighted by Gasteiger charge is 2.31. The van der Waals surface area contributed by atoms with Crippen molar-refractivity contribution < 1.29 is 19.8 Å². The summed E-state index contributed by atoms with van der Waals surface area (Å²) in [6.07, 6.45) is 2.58. The maximum Gasteiger partial charge on any atom is 0.320 e. The summed E-state index contributed by atoms with van der Waals surface area (Å²) in [6, 6.07) is -0.445. The lowest BCUT2D eigenvalue weighted by Gasteiger charge is -2.34. The van der Waals surface area contributed by atoms with Crippen LogP contribution in [0.25, 0.3) is 0 Å². The van der Waals surface area contributed by atoms with Crippen molar-refractivity contribution in [2.24, 2.45) is 5.92 Å². The van der Waals surface area contributed by atoms with Gasteiger partial charge in [-0.25, -0.2) is 0 Å². The zero-order chi connectivity index (χ0) is 12.1. The number of carbonyl (C=O) groups is 2. The number of hydrogen-bond donors (Lipinski definition) is 2. The molecule has 0 amide bonds. The second kappa shape index (κ2) is 5.84. The van der Waals surface area contributed by atoms with Gasteiger partial charge in [0.2, 0.25) is 0 Å². The van der Waals surface area contributed by atoms with Crippen LogP contribution in [0.2, 0.25) is 0 Å². The van der Waals surface area contributed by atoms with Crippen molar-refractivity contribution in [3.05, 3.63) is 0 Å². The maximum atomic E-state index is 11.0. The summed E-state index contributed by atoms with van der Waals surface area (Å²) < 4.78 is 0. The average molecular weight is 229 g/mol. The summed E-state index contributed by atoms with van der Waals surface area (Å²) in [5, 5.41) is 17.9. The van der Waals surface area contributed by atoms with E-state index in [9.17, 15) is 9.59 Å². The van der Waals surface area contributed by atoms with Crippen LogP contribution in [0.15, 0.2) is 0 Å². The predicted octanol–water partition coefficient (Wildman–Crippen LogP) is 1.04. The fraction of sp³-hybridized carbons (Fsp3) is 0.818. The average Bonchev–Trinajstić information content (AvgIpc) is 2.25. The van der Waals surface area contributed by atoms with E-state index in [0.717, 1.165) is 6.42 Å². The van der Waals surface area contributed by atoms with E-state index >= 15 is 0 Å². The molecule has 0 aromatic heterocycles. The maximum absolute atomic E-state index is 11.0. The Morgan fingerprint density at radius 3 is 2.25 bits per heavy atom. The lowest BCUT2D eigenvalue weighted by atomic mass is 9.95. The van der Waals surface area contributed by atoms with Gasteiger partial charge < -0.3 is 10.2 Å². The molecule has 1 atom stereocenters. The molecule has 16 heavy (non-hydrogen) atoms. The topological polar surface area (TPSA) is 77.8 Å². The molecule has 0 saturated carbocycles. The predicted molar refractivity (Wildman–Crippen MR) is 58.3 cm³/mol. The Kier molecular flexibility index (Phi) is 4.73. The highest BCUT2D eigenvalue weighted by Crippen LogP contribution is 2.20. The van der Waals surface area contributed by atoms with E-state index in [4.69, 9.17) is 10.2 Å². The van der Waals surface area contributed by atoms with Crippen LogP contribution in [0.1, 0.15) is 32.6 Å². The summed E-state index contributed by atoms with van der Waals surface area (Å²) in [6.45, 7) is 3.11. The standard InChI is InChI=1S/C11H19NO4/c1-2-3-9(11(15)16)12-6-4-8(5-7-12)10(13)14/h8-9H,2-7H2,1H3,(H,13,14)(H,15,16). The number of hydrogen-bond acceptors (Lipinski definition) is 3. The van der Waals surface area contributed by atoms with E-state index in [2.05, 4.69) is 0 Å². The Labute approximate surface area is 95.1 Å². The quantitative estimate of drug-likeness (QED) is 0.736. The van der Waals surface area contributed by atoms with Crippen molar-refractivity contribution in [1.82, 2.24) is 4.90 Å². The summed E-state index contributed by atoms with van der Waals surface area (Å²) >= 11 is 0. The molecular formula is C11H19NO4. The number of rotatable bonds is 5. The molecule has 0 bridgehead atoms. The van der Waals surface area contributed by atoms with Crippen molar-refractivity contribution in [2.75, 3.05) is 13.1 Å². The summed E-state index contributed by atoms with van der Waals surface area (Å²) in [7, 11) is 0. The van der Waals surface area contributed by atoms with Crippen molar-refractivity contribution >= 4 is 11.9 Å². The Balaban J connectivity index is 2.50. The molecule has 0 aromatic carbocycles. The molecule has 5 heteroatoms. The minimum Gasteiger partial charge on any atom is -0.481 e. The van der Waals surface area contributed by atoms with Crippen LogP contribution >= 0.6 is 0 Å². The molecule has 1 saturated heterocycles. The molecule has 0 aromatic rings. The Bertz CT molecular complexity index is 259. The molecule has 1 heterocycles. The van der Waals surface area contributed by atoms with Crippen molar-refractivity contribution in [3.63, 3.8) is 0 Å². The molecule has 1 unspecified atom stereocenters. The second-order valence-electron chi connectivity index (χ2n) is 4.29. The van der Waals surface area contributed by atoms with Gasteiger partial charge in [-0.1, -0.05) is 13.3 Å². The number of carboxylic acid groups (broad SMARTS) is 2. The number of aliphatic carboxylic acids is 2. The molecule has 1 aliphatic heterocycles. The molecule has 1 fully saturated rings. The summed E-state index contributed by atoms with van der Waals surface area (Å²) in [5.41, 5.74) is 0. The van der Waals surface area contributed by atoms with Gasteiger partial charge in [-0.3, -0.25) is 14.5 Å². The van der Waals surface area contributed by atoms with Gasteiger partial charge in [0.1, 0.15) is 6.04 Å². The molecule has 0 radical (unpaired) electrons. The van der Waals surface area contributed by atoms with Crippen LogP contribution in [-0.4, -0.2) is 46.2 Å². The van der Waals surface area contributed by atoms with E-state index in [1.807, 2.05) is 11.8 Å². The molecule has 1 aliphatic rings. The van der Waals surface area contributed by atoms with Crippen LogP contribution in [0.3, 0.4) is 0 Å². The molecule has 5 nitrogen and oxygen atoms in total. The zero-order valence-electron chi connectivity index (χ0n) is 9.56. The summed E-state index contributed by atoms with van der Waals surface area (Å²) in [5.74, 6) is -1.86. The van der Waals surface area contributed by atoms with Gasteiger partial charge in [0.25, 0.3) is 0 Å². The lowest BCUT2D eigenvalue weighted by Crippen LogP contribution is -2.46. The number of carboxylic acids is 2. The normalized spacial score (nSPS) is 20.6. The molecule has 0 aliphatic carbocycles. The Morgan fingerprint density at radius 2 is 1.88 bits per heavy atom. The number of likely N-dealkylation sites (tertiary alicyclic amines) is 1. The van der Waals surface area contributed by atoms with Gasteiger partial charge in [-0.15, -0.1) is 0 Å². The third kappa shape index (κ3) is 3.20. The van der Waals surface area contributed by atoms with Crippen LogP contribution in [-0.2, 0) is 9.59 Å². The fourth-order valence-electron chi connectivity index (χ4n) is 2.19. The minimum atomic E-state index is -0.796. The van der Waals surface area contributed by atoms with E-state index in [1.54, 1.807) is 0 Å². The fourth-order valence-corrected chi connectivity index (χ4v) is 2.19. The highest BCUT2D eigenvalue weighted by atomic mass is 16.4. The van der Waals surface area contributed by atoms with Crippen molar-refractivity contribution in [1.29, 1.82) is 0 Å². The molecule has 1 rings (SSSR count). The van der Waals surface area contributed by atoms with Gasteiger partial charge in [0.05, 0.1) is 5.92 Å². The third-order valence-corrected chi connectivity index (χ3v) is 3.17. The highest BCUT2D eigenvalue weighted by molar-refractivity contribution is 5.73.